The van der Waals surface area contributed by atoms with Gasteiger partial charge in [-0.25, -0.2) is 9.78 Å². The van der Waals surface area contributed by atoms with Gasteiger partial charge in [0.1, 0.15) is 11.4 Å². The maximum atomic E-state index is 13.4. The van der Waals surface area contributed by atoms with Crippen molar-refractivity contribution >= 4 is 34.3 Å². The average molecular weight is 464 g/mol. The monoisotopic (exact) mass is 463 g/mol. The molecule has 4 rings (SSSR count). The van der Waals surface area contributed by atoms with Crippen molar-refractivity contribution < 1.29 is 4.79 Å². The van der Waals surface area contributed by atoms with E-state index in [1.165, 1.54) is 11.6 Å². The standard InChI is InChI=1S/C23H21N5O4S/c1-12-8-9-16(13(2)10-12)28-21(31)14-6-4-5-7-15(14)25-23(28)33-11-17(29)18-19(24)27(3)22(32)26-20(18)30/h4-10H,11,24H2,1-3H3,(H,26,30,32). The minimum absolute atomic E-state index is 0.207. The van der Waals surface area contributed by atoms with Crippen LogP contribution in [0.3, 0.4) is 0 Å². The van der Waals surface area contributed by atoms with Gasteiger partial charge in [0, 0.05) is 7.05 Å². The van der Waals surface area contributed by atoms with Gasteiger partial charge in [-0.3, -0.25) is 28.5 Å². The summed E-state index contributed by atoms with van der Waals surface area (Å²) >= 11 is 1.02. The van der Waals surface area contributed by atoms with Crippen molar-refractivity contribution in [3.8, 4) is 5.69 Å². The van der Waals surface area contributed by atoms with Gasteiger partial charge in [0.15, 0.2) is 10.9 Å². The van der Waals surface area contributed by atoms with Gasteiger partial charge < -0.3 is 5.73 Å². The summed E-state index contributed by atoms with van der Waals surface area (Å²) in [4.78, 5) is 56.9. The number of hydrogen-bond donors (Lipinski definition) is 2. The molecule has 0 bridgehead atoms. The number of nitrogens with zero attached hydrogens (tertiary/aromatic N) is 3. The molecule has 10 heteroatoms. The van der Waals surface area contributed by atoms with Crippen LogP contribution in [0.5, 0.6) is 0 Å². The second kappa shape index (κ2) is 8.55. The molecule has 0 unspecified atom stereocenters. The number of Topliss-reactive ketones (excluding diaryl/α,β-unsaturated/α-hetero) is 1. The Labute approximate surface area is 191 Å². The van der Waals surface area contributed by atoms with Crippen LogP contribution >= 0.6 is 11.8 Å². The second-order valence-electron chi connectivity index (χ2n) is 7.63. The Balaban J connectivity index is 1.82. The van der Waals surface area contributed by atoms with Crippen LogP contribution in [0.15, 0.2) is 62.0 Å². The Kier molecular flexibility index (Phi) is 5.77. The molecule has 0 spiro atoms. The third kappa shape index (κ3) is 4.00. The molecule has 168 valence electrons. The Morgan fingerprint density at radius 3 is 2.58 bits per heavy atom. The van der Waals surface area contributed by atoms with Crippen LogP contribution in [0.25, 0.3) is 16.6 Å². The number of aromatic nitrogens is 4. The van der Waals surface area contributed by atoms with Crippen LogP contribution in [-0.2, 0) is 7.05 Å². The van der Waals surface area contributed by atoms with Crippen molar-refractivity contribution in [3.05, 3.63) is 90.3 Å². The number of aryl methyl sites for hydroxylation is 2. The highest BCUT2D eigenvalue weighted by molar-refractivity contribution is 7.99. The van der Waals surface area contributed by atoms with Crippen molar-refractivity contribution in [2.45, 2.75) is 19.0 Å². The van der Waals surface area contributed by atoms with Gasteiger partial charge >= 0.3 is 5.69 Å². The molecule has 33 heavy (non-hydrogen) atoms. The summed E-state index contributed by atoms with van der Waals surface area (Å²) in [5.41, 5.74) is 6.81. The van der Waals surface area contributed by atoms with E-state index in [-0.39, 0.29) is 22.7 Å². The molecule has 2 aromatic carbocycles. The summed E-state index contributed by atoms with van der Waals surface area (Å²) in [6.07, 6.45) is 0. The second-order valence-corrected chi connectivity index (χ2v) is 8.57. The molecule has 3 N–H and O–H groups in total. The average Bonchev–Trinajstić information content (AvgIpc) is 2.77. The van der Waals surface area contributed by atoms with Crippen LogP contribution in [0.2, 0.25) is 0 Å². The molecule has 9 nitrogen and oxygen atoms in total. The summed E-state index contributed by atoms with van der Waals surface area (Å²) in [7, 11) is 1.36. The van der Waals surface area contributed by atoms with Crippen molar-refractivity contribution in [2.24, 2.45) is 7.05 Å². The number of nitrogens with one attached hydrogen (secondary N) is 1. The molecule has 0 saturated heterocycles. The largest absolute Gasteiger partial charge is 0.384 e. The van der Waals surface area contributed by atoms with Crippen LogP contribution in [0, 0.1) is 13.8 Å². The van der Waals surface area contributed by atoms with Crippen LogP contribution in [0.1, 0.15) is 21.5 Å². The number of fused-ring (bicyclic) bond motifs is 1. The predicted molar refractivity (Wildman–Crippen MR) is 129 cm³/mol. The number of para-hydroxylation sites is 1. The van der Waals surface area contributed by atoms with Crippen molar-refractivity contribution in [1.29, 1.82) is 0 Å². The maximum Gasteiger partial charge on any atom is 0.329 e. The summed E-state index contributed by atoms with van der Waals surface area (Å²) in [6.45, 7) is 3.86. The number of rotatable bonds is 5. The van der Waals surface area contributed by atoms with Gasteiger partial charge in [-0.05, 0) is 37.6 Å². The molecule has 0 saturated carbocycles. The number of thioether (sulfide) groups is 1. The zero-order valence-corrected chi connectivity index (χ0v) is 19.0. The first-order chi connectivity index (χ1) is 15.7. The Morgan fingerprint density at radius 2 is 1.85 bits per heavy atom. The van der Waals surface area contributed by atoms with Gasteiger partial charge in [-0.1, -0.05) is 41.6 Å². The normalized spacial score (nSPS) is 11.1. The lowest BCUT2D eigenvalue weighted by atomic mass is 10.1. The van der Waals surface area contributed by atoms with Gasteiger partial charge in [0.25, 0.3) is 11.1 Å². The Bertz CT molecular complexity index is 1600. The number of nitrogens with two attached hydrogens (primary N) is 1. The molecule has 0 aliphatic rings. The molecule has 0 aliphatic carbocycles. The molecule has 4 aromatic rings. The fourth-order valence-electron chi connectivity index (χ4n) is 3.59. The minimum atomic E-state index is -0.848. The van der Waals surface area contributed by atoms with Gasteiger partial charge in [-0.15, -0.1) is 0 Å². The molecule has 2 aromatic heterocycles. The fourth-order valence-corrected chi connectivity index (χ4v) is 4.46. The van der Waals surface area contributed by atoms with Crippen LogP contribution in [0.4, 0.5) is 5.82 Å². The Morgan fingerprint density at radius 1 is 1.12 bits per heavy atom. The fraction of sp³-hybridized carbons (Fsp3) is 0.174. The lowest BCUT2D eigenvalue weighted by Gasteiger charge is -2.15. The first-order valence-electron chi connectivity index (χ1n) is 10.0. The number of anilines is 1. The first-order valence-corrected chi connectivity index (χ1v) is 11.0. The van der Waals surface area contributed by atoms with E-state index in [9.17, 15) is 19.2 Å². The van der Waals surface area contributed by atoms with Crippen molar-refractivity contribution in [3.63, 3.8) is 0 Å². The lowest BCUT2D eigenvalue weighted by Crippen LogP contribution is -2.35. The number of aromatic amines is 1. The molecule has 2 heterocycles. The number of nitrogen functional groups attached to an aromatic ring is 1. The van der Waals surface area contributed by atoms with Crippen LogP contribution in [-0.4, -0.2) is 30.6 Å². The van der Waals surface area contributed by atoms with Gasteiger partial charge in [0.2, 0.25) is 0 Å². The molecule has 0 radical (unpaired) electrons. The highest BCUT2D eigenvalue weighted by Crippen LogP contribution is 2.24. The predicted octanol–water partition coefficient (Wildman–Crippen LogP) is 1.95. The van der Waals surface area contributed by atoms with Crippen molar-refractivity contribution in [1.82, 2.24) is 19.1 Å². The van der Waals surface area contributed by atoms with E-state index in [0.29, 0.717) is 21.7 Å². The Hall–Kier alpha value is -3.92. The van der Waals surface area contributed by atoms with E-state index >= 15 is 0 Å². The van der Waals surface area contributed by atoms with E-state index in [1.807, 2.05) is 32.0 Å². The number of hydrogen-bond acceptors (Lipinski definition) is 7. The van der Waals surface area contributed by atoms with Crippen molar-refractivity contribution in [2.75, 3.05) is 11.5 Å². The lowest BCUT2D eigenvalue weighted by molar-refractivity contribution is 0.102. The third-order valence-electron chi connectivity index (χ3n) is 5.32. The van der Waals surface area contributed by atoms with E-state index < -0.39 is 17.0 Å². The highest BCUT2D eigenvalue weighted by atomic mass is 32.2. The number of ketones is 1. The number of carbonyl (C=O) groups is 1. The molecular weight excluding hydrogens is 442 g/mol. The number of H-pyrrole nitrogens is 1. The first kappa shape index (κ1) is 22.3. The number of benzene rings is 2. The van der Waals surface area contributed by atoms with Gasteiger partial charge in [-0.2, -0.15) is 0 Å². The quantitative estimate of drug-likeness (QED) is 0.263. The third-order valence-corrected chi connectivity index (χ3v) is 6.26. The SMILES string of the molecule is Cc1ccc(-n2c(SCC(=O)c3c(N)n(C)c(=O)[nH]c3=O)nc3ccccc3c2=O)c(C)c1. The molecule has 0 fully saturated rings. The maximum absolute atomic E-state index is 13.4. The van der Waals surface area contributed by atoms with Crippen LogP contribution < -0.4 is 22.5 Å². The summed E-state index contributed by atoms with van der Waals surface area (Å²) < 4.78 is 2.47. The minimum Gasteiger partial charge on any atom is -0.384 e. The summed E-state index contributed by atoms with van der Waals surface area (Å²) in [6, 6.07) is 12.7. The highest BCUT2D eigenvalue weighted by Gasteiger charge is 2.21. The smallest absolute Gasteiger partial charge is 0.329 e. The number of carbonyl (C=O) groups excluding carboxylic acids is 1. The van der Waals surface area contributed by atoms with E-state index in [2.05, 4.69) is 9.97 Å². The van der Waals surface area contributed by atoms with E-state index in [1.54, 1.807) is 24.3 Å². The van der Waals surface area contributed by atoms with E-state index in [4.69, 9.17) is 5.73 Å². The topological polar surface area (TPSA) is 133 Å². The summed E-state index contributed by atoms with van der Waals surface area (Å²) in [5.74, 6) is -1.00. The molecule has 0 amide bonds. The molecular formula is C23H21N5O4S. The molecule has 0 aliphatic heterocycles. The molecule has 0 atom stereocenters. The zero-order valence-electron chi connectivity index (χ0n) is 18.2. The van der Waals surface area contributed by atoms with Gasteiger partial charge in [0.05, 0.1) is 22.3 Å². The zero-order chi connectivity index (χ0) is 23.9. The van der Waals surface area contributed by atoms with E-state index in [0.717, 1.165) is 27.5 Å². The summed E-state index contributed by atoms with van der Waals surface area (Å²) in [5, 5.41) is 0.755.